The van der Waals surface area contributed by atoms with Crippen LogP contribution in [0.2, 0.25) is 0 Å². The number of thioether (sulfide) groups is 1. The van der Waals surface area contributed by atoms with Crippen molar-refractivity contribution in [3.63, 3.8) is 0 Å². The molecule has 2 aromatic rings. The molecule has 1 saturated carbocycles. The maximum Gasteiger partial charge on any atom is 0.240 e. The molecule has 26 heavy (non-hydrogen) atoms. The van der Waals surface area contributed by atoms with Crippen LogP contribution >= 0.6 is 11.8 Å². The van der Waals surface area contributed by atoms with Crippen LogP contribution in [0.3, 0.4) is 0 Å². The predicted octanol–water partition coefficient (Wildman–Crippen LogP) is 2.43. The normalized spacial score (nSPS) is 20.6. The molecule has 7 heteroatoms. The maximum absolute atomic E-state index is 12.6. The molecular formula is C19H20NO4S2-. The number of aromatic carboxylic acids is 1. The second-order valence-corrected chi connectivity index (χ2v) is 9.26. The molecule has 0 aromatic heterocycles. The summed E-state index contributed by atoms with van der Waals surface area (Å²) in [5.74, 6) is -1.22. The molecule has 0 spiro atoms. The number of nitrogens with one attached hydrogen (secondary N) is 1. The number of hydrogen-bond donors (Lipinski definition) is 1. The predicted molar refractivity (Wildman–Crippen MR) is 99.4 cm³/mol. The Morgan fingerprint density at radius 3 is 2.38 bits per heavy atom. The van der Waals surface area contributed by atoms with Crippen LogP contribution < -0.4 is 9.83 Å². The molecule has 2 atom stereocenters. The molecule has 0 aliphatic heterocycles. The van der Waals surface area contributed by atoms with Gasteiger partial charge < -0.3 is 9.90 Å². The van der Waals surface area contributed by atoms with Crippen LogP contribution in [0.4, 0.5) is 0 Å². The molecule has 0 bridgehead atoms. The number of carboxylic acids is 1. The van der Waals surface area contributed by atoms with Crippen LogP contribution in [-0.4, -0.2) is 25.7 Å². The topological polar surface area (TPSA) is 86.3 Å². The first-order valence-corrected chi connectivity index (χ1v) is 10.9. The SMILES string of the molecule is O=C([O-])c1ccccc1S[C@@H]1CCCC[C@H]1NS(=O)(=O)c1ccccc1. The number of rotatable bonds is 6. The van der Waals surface area contributed by atoms with Crippen molar-refractivity contribution < 1.29 is 18.3 Å². The Bertz CT molecular complexity index is 868. The second kappa shape index (κ2) is 8.24. The molecule has 138 valence electrons. The third kappa shape index (κ3) is 4.47. The molecule has 0 saturated heterocycles. The van der Waals surface area contributed by atoms with Crippen molar-refractivity contribution in [1.82, 2.24) is 4.72 Å². The van der Waals surface area contributed by atoms with E-state index in [4.69, 9.17) is 0 Å². The van der Waals surface area contributed by atoms with Gasteiger partial charge in [0, 0.05) is 21.8 Å². The van der Waals surface area contributed by atoms with Crippen molar-refractivity contribution in [3.8, 4) is 0 Å². The van der Waals surface area contributed by atoms with E-state index in [1.807, 2.05) is 0 Å². The lowest BCUT2D eigenvalue weighted by molar-refractivity contribution is -0.255. The summed E-state index contributed by atoms with van der Waals surface area (Å²) in [5.41, 5.74) is 0.146. The molecule has 0 radical (unpaired) electrons. The fraction of sp³-hybridized carbons (Fsp3) is 0.316. The average Bonchev–Trinajstić information content (AvgIpc) is 2.64. The van der Waals surface area contributed by atoms with E-state index in [0.29, 0.717) is 4.90 Å². The quantitative estimate of drug-likeness (QED) is 0.819. The number of carbonyl (C=O) groups is 1. The first-order chi connectivity index (χ1) is 12.5. The minimum atomic E-state index is -3.60. The zero-order chi connectivity index (χ0) is 18.6. The Hall–Kier alpha value is -1.83. The molecule has 0 amide bonds. The molecule has 1 N–H and O–H groups in total. The van der Waals surface area contributed by atoms with Gasteiger partial charge in [-0.15, -0.1) is 11.8 Å². The number of benzene rings is 2. The maximum atomic E-state index is 12.6. The lowest BCUT2D eigenvalue weighted by Gasteiger charge is -2.32. The van der Waals surface area contributed by atoms with E-state index in [0.717, 1.165) is 25.7 Å². The van der Waals surface area contributed by atoms with Crippen LogP contribution in [0.25, 0.3) is 0 Å². The van der Waals surface area contributed by atoms with Gasteiger partial charge in [-0.1, -0.05) is 49.2 Å². The third-order valence-electron chi connectivity index (χ3n) is 4.45. The minimum absolute atomic E-state index is 0.0252. The third-order valence-corrected chi connectivity index (χ3v) is 7.43. The Morgan fingerprint density at radius 2 is 1.65 bits per heavy atom. The highest BCUT2D eigenvalue weighted by Gasteiger charge is 2.30. The van der Waals surface area contributed by atoms with E-state index in [1.54, 1.807) is 48.5 Å². The van der Waals surface area contributed by atoms with Crippen molar-refractivity contribution in [3.05, 3.63) is 60.2 Å². The van der Waals surface area contributed by atoms with Gasteiger partial charge in [0.1, 0.15) is 0 Å². The molecule has 1 aliphatic carbocycles. The van der Waals surface area contributed by atoms with Crippen LogP contribution in [0, 0.1) is 0 Å². The summed E-state index contributed by atoms with van der Waals surface area (Å²) >= 11 is 1.42. The van der Waals surface area contributed by atoms with E-state index in [1.165, 1.54) is 17.8 Å². The van der Waals surface area contributed by atoms with Crippen molar-refractivity contribution in [2.75, 3.05) is 0 Å². The highest BCUT2D eigenvalue weighted by atomic mass is 32.2. The minimum Gasteiger partial charge on any atom is -0.545 e. The van der Waals surface area contributed by atoms with E-state index in [-0.39, 0.29) is 21.8 Å². The van der Waals surface area contributed by atoms with Gasteiger partial charge in [-0.3, -0.25) is 0 Å². The fourth-order valence-electron chi connectivity index (χ4n) is 3.14. The molecule has 0 heterocycles. The van der Waals surface area contributed by atoms with Crippen molar-refractivity contribution in [2.45, 2.75) is 46.8 Å². The van der Waals surface area contributed by atoms with Crippen molar-refractivity contribution >= 4 is 27.8 Å². The molecule has 5 nitrogen and oxygen atoms in total. The number of carbonyl (C=O) groups excluding carboxylic acids is 1. The van der Waals surface area contributed by atoms with Gasteiger partial charge in [-0.2, -0.15) is 0 Å². The van der Waals surface area contributed by atoms with Crippen LogP contribution in [-0.2, 0) is 10.0 Å². The Kier molecular flexibility index (Phi) is 6.01. The molecule has 1 aliphatic rings. The summed E-state index contributed by atoms with van der Waals surface area (Å²) in [4.78, 5) is 12.2. The fourth-order valence-corrected chi connectivity index (χ4v) is 5.97. The van der Waals surface area contributed by atoms with Gasteiger partial charge in [0.2, 0.25) is 10.0 Å². The number of sulfonamides is 1. The van der Waals surface area contributed by atoms with Gasteiger partial charge >= 0.3 is 0 Å². The molecule has 3 rings (SSSR count). The van der Waals surface area contributed by atoms with E-state index in [9.17, 15) is 18.3 Å². The highest BCUT2D eigenvalue weighted by molar-refractivity contribution is 8.00. The summed E-state index contributed by atoms with van der Waals surface area (Å²) in [5, 5.41) is 11.3. The van der Waals surface area contributed by atoms with Gasteiger partial charge in [0.25, 0.3) is 0 Å². The number of hydrogen-bond acceptors (Lipinski definition) is 5. The zero-order valence-corrected chi connectivity index (χ0v) is 15.8. The van der Waals surface area contributed by atoms with Gasteiger partial charge in [-0.05, 0) is 31.0 Å². The van der Waals surface area contributed by atoms with Gasteiger partial charge in [0.15, 0.2) is 0 Å². The summed E-state index contributed by atoms with van der Waals surface area (Å²) in [6, 6.07) is 14.7. The number of carboxylic acid groups (broad SMARTS) is 1. The smallest absolute Gasteiger partial charge is 0.240 e. The first-order valence-electron chi connectivity index (χ1n) is 8.52. The van der Waals surface area contributed by atoms with Crippen molar-refractivity contribution in [1.29, 1.82) is 0 Å². The lowest BCUT2D eigenvalue weighted by Crippen LogP contribution is -2.43. The highest BCUT2D eigenvalue weighted by Crippen LogP contribution is 2.36. The van der Waals surface area contributed by atoms with Crippen LogP contribution in [0.5, 0.6) is 0 Å². The van der Waals surface area contributed by atoms with E-state index >= 15 is 0 Å². The van der Waals surface area contributed by atoms with E-state index < -0.39 is 16.0 Å². The summed E-state index contributed by atoms with van der Waals surface area (Å²) in [6.45, 7) is 0. The lowest BCUT2D eigenvalue weighted by atomic mass is 9.96. The molecule has 1 fully saturated rings. The monoisotopic (exact) mass is 390 g/mol. The van der Waals surface area contributed by atoms with Gasteiger partial charge in [0.05, 0.1) is 10.9 Å². The molecule has 2 aromatic carbocycles. The molecule has 0 unspecified atom stereocenters. The Balaban J connectivity index is 1.80. The first kappa shape index (κ1) is 18.9. The molecular weight excluding hydrogens is 370 g/mol. The van der Waals surface area contributed by atoms with Crippen molar-refractivity contribution in [2.24, 2.45) is 0 Å². The summed E-state index contributed by atoms with van der Waals surface area (Å²) < 4.78 is 28.1. The summed E-state index contributed by atoms with van der Waals surface area (Å²) in [6.07, 6.45) is 3.50. The largest absolute Gasteiger partial charge is 0.545 e. The average molecular weight is 391 g/mol. The van der Waals surface area contributed by atoms with Gasteiger partial charge in [-0.25, -0.2) is 13.1 Å². The standard InChI is InChI=1S/C19H21NO4S2/c21-19(22)15-10-4-6-12-17(15)25-18-13-7-5-11-16(18)20-26(23,24)14-8-2-1-3-9-14/h1-4,6,8-10,12,16,18,20H,5,7,11,13H2,(H,21,22)/p-1/t16-,18-/m1/s1. The van der Waals surface area contributed by atoms with E-state index in [2.05, 4.69) is 4.72 Å². The second-order valence-electron chi connectivity index (χ2n) is 6.27. The zero-order valence-electron chi connectivity index (χ0n) is 14.1. The Labute approximate surface area is 157 Å². The van der Waals surface area contributed by atoms with Crippen LogP contribution in [0.15, 0.2) is 64.4 Å². The summed E-state index contributed by atoms with van der Waals surface area (Å²) in [7, 11) is -3.60. The van der Waals surface area contributed by atoms with Crippen LogP contribution in [0.1, 0.15) is 36.0 Å². The Morgan fingerprint density at radius 1 is 1.00 bits per heavy atom.